The number of methoxy groups -OCH3 is 1. The molecule has 0 bridgehead atoms. The lowest BCUT2D eigenvalue weighted by Gasteiger charge is -2.36. The molecule has 2 unspecified atom stereocenters. The van der Waals surface area contributed by atoms with Crippen molar-refractivity contribution in [1.29, 1.82) is 0 Å². The van der Waals surface area contributed by atoms with Crippen LogP contribution < -0.4 is 10.1 Å². The van der Waals surface area contributed by atoms with Gasteiger partial charge in [0.05, 0.1) is 12.7 Å². The van der Waals surface area contributed by atoms with E-state index in [1.807, 2.05) is 17.0 Å². The molecule has 1 aromatic rings. The standard InChI is InChI=1S/C14H19BrN2O2.ClH/c1-9-7-17(8-10(2)16-9)14(18)12-6-11(19-3)4-5-13(12)15;/h4-6,9-10,16H,7-8H2,1-3H3;1H. The van der Waals surface area contributed by atoms with E-state index in [9.17, 15) is 4.79 Å². The second kappa shape index (κ2) is 7.29. The smallest absolute Gasteiger partial charge is 0.255 e. The monoisotopic (exact) mass is 362 g/mol. The van der Waals surface area contributed by atoms with Crippen molar-refractivity contribution >= 4 is 34.2 Å². The van der Waals surface area contributed by atoms with Crippen molar-refractivity contribution in [3.8, 4) is 5.75 Å². The minimum atomic E-state index is 0. The molecule has 1 heterocycles. The van der Waals surface area contributed by atoms with Crippen molar-refractivity contribution in [1.82, 2.24) is 10.2 Å². The first kappa shape index (κ1) is 17.3. The second-order valence-corrected chi connectivity index (χ2v) is 5.88. The largest absolute Gasteiger partial charge is 0.497 e. The fraction of sp³-hybridized carbons (Fsp3) is 0.500. The molecule has 112 valence electrons. The second-order valence-electron chi connectivity index (χ2n) is 5.02. The Balaban J connectivity index is 0.00000200. The van der Waals surface area contributed by atoms with Crippen LogP contribution in [0.25, 0.3) is 0 Å². The van der Waals surface area contributed by atoms with E-state index in [2.05, 4.69) is 35.1 Å². The molecule has 0 aromatic heterocycles. The minimum absolute atomic E-state index is 0. The van der Waals surface area contributed by atoms with Gasteiger partial charge in [0.2, 0.25) is 0 Å². The summed E-state index contributed by atoms with van der Waals surface area (Å²) in [6, 6.07) is 6.10. The maximum absolute atomic E-state index is 12.6. The number of rotatable bonds is 2. The molecule has 1 aromatic carbocycles. The zero-order chi connectivity index (χ0) is 14.0. The van der Waals surface area contributed by atoms with Gasteiger partial charge in [-0.15, -0.1) is 12.4 Å². The van der Waals surface area contributed by atoms with Gasteiger partial charge in [-0.2, -0.15) is 0 Å². The molecule has 1 amide bonds. The fourth-order valence-electron chi connectivity index (χ4n) is 2.46. The van der Waals surface area contributed by atoms with E-state index < -0.39 is 0 Å². The first-order valence-corrected chi connectivity index (χ1v) is 7.19. The van der Waals surface area contributed by atoms with Crippen molar-refractivity contribution < 1.29 is 9.53 Å². The lowest BCUT2D eigenvalue weighted by molar-refractivity contribution is 0.0672. The van der Waals surface area contributed by atoms with Crippen molar-refractivity contribution in [2.45, 2.75) is 25.9 Å². The maximum Gasteiger partial charge on any atom is 0.255 e. The number of halogens is 2. The highest BCUT2D eigenvalue weighted by Gasteiger charge is 2.26. The fourth-order valence-corrected chi connectivity index (χ4v) is 2.87. The number of nitrogens with zero attached hydrogens (tertiary/aromatic N) is 1. The number of carbonyl (C=O) groups is 1. The first-order chi connectivity index (χ1) is 9.01. The van der Waals surface area contributed by atoms with Crippen molar-refractivity contribution in [3.63, 3.8) is 0 Å². The molecule has 1 saturated heterocycles. The van der Waals surface area contributed by atoms with Gasteiger partial charge in [0.25, 0.3) is 5.91 Å². The van der Waals surface area contributed by atoms with Gasteiger partial charge in [0.15, 0.2) is 0 Å². The molecule has 0 spiro atoms. The maximum atomic E-state index is 12.6. The SMILES string of the molecule is COc1ccc(Br)c(C(=O)N2CC(C)NC(C)C2)c1.Cl. The summed E-state index contributed by atoms with van der Waals surface area (Å²) in [7, 11) is 1.60. The number of ether oxygens (including phenoxy) is 1. The number of benzene rings is 1. The van der Waals surface area contributed by atoms with Crippen molar-refractivity contribution in [3.05, 3.63) is 28.2 Å². The van der Waals surface area contributed by atoms with Gasteiger partial charge in [-0.3, -0.25) is 4.79 Å². The number of nitrogens with one attached hydrogen (secondary N) is 1. The lowest BCUT2D eigenvalue weighted by atomic mass is 10.1. The molecule has 1 aliphatic heterocycles. The zero-order valence-electron chi connectivity index (χ0n) is 11.9. The minimum Gasteiger partial charge on any atom is -0.497 e. The van der Waals surface area contributed by atoms with Crippen LogP contribution in [-0.2, 0) is 0 Å². The van der Waals surface area contributed by atoms with Crippen LogP contribution in [0, 0.1) is 0 Å². The van der Waals surface area contributed by atoms with E-state index in [-0.39, 0.29) is 18.3 Å². The molecule has 2 atom stereocenters. The quantitative estimate of drug-likeness (QED) is 0.878. The number of piperazine rings is 1. The molecule has 6 heteroatoms. The van der Waals surface area contributed by atoms with E-state index in [0.29, 0.717) is 23.4 Å². The van der Waals surface area contributed by atoms with Crippen LogP contribution in [0.4, 0.5) is 0 Å². The highest BCUT2D eigenvalue weighted by atomic mass is 79.9. The topological polar surface area (TPSA) is 41.6 Å². The third kappa shape index (κ3) is 3.87. The molecular weight excluding hydrogens is 344 g/mol. The van der Waals surface area contributed by atoms with Gasteiger partial charge in [-0.1, -0.05) is 0 Å². The number of amides is 1. The van der Waals surface area contributed by atoms with Gasteiger partial charge in [0, 0.05) is 29.6 Å². The van der Waals surface area contributed by atoms with Gasteiger partial charge in [-0.05, 0) is 48.0 Å². The number of hydrogen-bond donors (Lipinski definition) is 1. The first-order valence-electron chi connectivity index (χ1n) is 6.40. The van der Waals surface area contributed by atoms with E-state index in [4.69, 9.17) is 4.74 Å². The summed E-state index contributed by atoms with van der Waals surface area (Å²) in [6.45, 7) is 5.65. The predicted octanol–water partition coefficient (Wildman–Crippen LogP) is 2.70. The zero-order valence-corrected chi connectivity index (χ0v) is 14.3. The van der Waals surface area contributed by atoms with Crippen LogP contribution in [-0.4, -0.2) is 43.1 Å². The van der Waals surface area contributed by atoms with Crippen molar-refractivity contribution in [2.24, 2.45) is 0 Å². The molecular formula is C14H20BrClN2O2. The summed E-state index contributed by atoms with van der Waals surface area (Å²) in [4.78, 5) is 14.5. The van der Waals surface area contributed by atoms with Gasteiger partial charge in [0.1, 0.15) is 5.75 Å². The van der Waals surface area contributed by atoms with Crippen LogP contribution >= 0.6 is 28.3 Å². The van der Waals surface area contributed by atoms with E-state index >= 15 is 0 Å². The van der Waals surface area contributed by atoms with Crippen LogP contribution in [0.15, 0.2) is 22.7 Å². The van der Waals surface area contributed by atoms with E-state index in [1.54, 1.807) is 13.2 Å². The summed E-state index contributed by atoms with van der Waals surface area (Å²) in [5.74, 6) is 0.744. The Morgan fingerprint density at radius 3 is 2.50 bits per heavy atom. The molecule has 0 radical (unpaired) electrons. The Hall–Kier alpha value is -0.780. The van der Waals surface area contributed by atoms with E-state index in [1.165, 1.54) is 0 Å². The van der Waals surface area contributed by atoms with Crippen LogP contribution in [0.1, 0.15) is 24.2 Å². The molecule has 0 saturated carbocycles. The van der Waals surface area contributed by atoms with Gasteiger partial charge < -0.3 is 15.0 Å². The van der Waals surface area contributed by atoms with E-state index in [0.717, 1.165) is 17.6 Å². The summed E-state index contributed by atoms with van der Waals surface area (Å²) in [5, 5.41) is 3.42. The molecule has 1 N–H and O–H groups in total. The van der Waals surface area contributed by atoms with Crippen LogP contribution in [0.5, 0.6) is 5.75 Å². The number of hydrogen-bond acceptors (Lipinski definition) is 3. The normalized spacial score (nSPS) is 22.1. The van der Waals surface area contributed by atoms with Crippen LogP contribution in [0.2, 0.25) is 0 Å². The highest BCUT2D eigenvalue weighted by Crippen LogP contribution is 2.24. The third-order valence-corrected chi connectivity index (χ3v) is 3.94. The number of carbonyl (C=O) groups excluding carboxylic acids is 1. The molecule has 20 heavy (non-hydrogen) atoms. The Bertz CT molecular complexity index is 474. The molecule has 4 nitrogen and oxygen atoms in total. The molecule has 1 aliphatic rings. The lowest BCUT2D eigenvalue weighted by Crippen LogP contribution is -2.55. The van der Waals surface area contributed by atoms with Gasteiger partial charge in [-0.25, -0.2) is 0 Å². The summed E-state index contributed by atoms with van der Waals surface area (Å²) in [5.41, 5.74) is 0.653. The van der Waals surface area contributed by atoms with Crippen LogP contribution in [0.3, 0.4) is 0 Å². The average Bonchev–Trinajstić information content (AvgIpc) is 2.37. The highest BCUT2D eigenvalue weighted by molar-refractivity contribution is 9.10. The average molecular weight is 364 g/mol. The molecule has 0 aliphatic carbocycles. The Morgan fingerprint density at radius 2 is 1.95 bits per heavy atom. The molecule has 1 fully saturated rings. The predicted molar refractivity (Wildman–Crippen MR) is 85.9 cm³/mol. The Kier molecular flexibility index (Phi) is 6.30. The third-order valence-electron chi connectivity index (χ3n) is 3.25. The summed E-state index contributed by atoms with van der Waals surface area (Å²) < 4.78 is 5.99. The summed E-state index contributed by atoms with van der Waals surface area (Å²) in [6.07, 6.45) is 0. The Morgan fingerprint density at radius 1 is 1.35 bits per heavy atom. The van der Waals surface area contributed by atoms with Gasteiger partial charge >= 0.3 is 0 Å². The Labute approximate surface area is 134 Å². The summed E-state index contributed by atoms with van der Waals surface area (Å²) >= 11 is 3.44. The van der Waals surface area contributed by atoms with Crippen molar-refractivity contribution in [2.75, 3.05) is 20.2 Å². The molecule has 2 rings (SSSR count).